The molecule has 1 heterocycles. The quantitative estimate of drug-likeness (QED) is 0.781. The van der Waals surface area contributed by atoms with Gasteiger partial charge in [-0.25, -0.2) is 8.42 Å². The van der Waals surface area contributed by atoms with Gasteiger partial charge in [0.15, 0.2) is 4.91 Å². The molecule has 0 saturated carbocycles. The summed E-state index contributed by atoms with van der Waals surface area (Å²) in [4.78, 5) is 0.0633. The lowest BCUT2D eigenvalue weighted by atomic mass is 10.4. The van der Waals surface area contributed by atoms with E-state index < -0.39 is 9.84 Å². The SMILES string of the molecule is N#CC(=C1SCCS1)S(=O)(=O)c1ccccc1. The Bertz CT molecular complexity index is 577. The van der Waals surface area contributed by atoms with Crippen molar-refractivity contribution in [3.8, 4) is 6.07 Å². The Hall–Kier alpha value is -0.900. The molecule has 0 bridgehead atoms. The van der Waals surface area contributed by atoms with Crippen LogP contribution in [0, 0.1) is 11.3 Å². The lowest BCUT2D eigenvalue weighted by Crippen LogP contribution is -2.04. The fourth-order valence-corrected chi connectivity index (χ4v) is 5.70. The lowest BCUT2D eigenvalue weighted by molar-refractivity contribution is 0.603. The standard InChI is InChI=1S/C11H9NO2S3/c12-8-10(11-15-6-7-16-11)17(13,14)9-4-2-1-3-5-9/h1-5H,6-7H2. The summed E-state index contributed by atoms with van der Waals surface area (Å²) in [6, 6.07) is 9.91. The van der Waals surface area contributed by atoms with Crippen LogP contribution in [0.4, 0.5) is 0 Å². The van der Waals surface area contributed by atoms with Gasteiger partial charge >= 0.3 is 0 Å². The number of nitrogens with zero attached hydrogens (tertiary/aromatic N) is 1. The zero-order chi connectivity index (χ0) is 12.3. The van der Waals surface area contributed by atoms with Crippen molar-refractivity contribution >= 4 is 33.4 Å². The Morgan fingerprint density at radius 2 is 1.76 bits per heavy atom. The Morgan fingerprint density at radius 3 is 2.29 bits per heavy atom. The van der Waals surface area contributed by atoms with Crippen LogP contribution in [0.25, 0.3) is 0 Å². The Morgan fingerprint density at radius 1 is 1.18 bits per heavy atom. The van der Waals surface area contributed by atoms with Crippen LogP contribution in [0.2, 0.25) is 0 Å². The third kappa shape index (κ3) is 2.51. The van der Waals surface area contributed by atoms with Gasteiger partial charge in [0.1, 0.15) is 6.07 Å². The summed E-state index contributed by atoms with van der Waals surface area (Å²) in [6.07, 6.45) is 0. The number of benzene rings is 1. The van der Waals surface area contributed by atoms with Crippen LogP contribution in [0.5, 0.6) is 0 Å². The normalized spacial score (nSPS) is 15.6. The summed E-state index contributed by atoms with van der Waals surface area (Å²) in [5.41, 5.74) is 0. The second-order valence-electron chi connectivity index (χ2n) is 3.24. The first kappa shape index (κ1) is 12.6. The summed E-state index contributed by atoms with van der Waals surface area (Å²) in [6.45, 7) is 0. The molecule has 0 aromatic heterocycles. The zero-order valence-corrected chi connectivity index (χ0v) is 11.2. The van der Waals surface area contributed by atoms with E-state index in [1.54, 1.807) is 18.2 Å². The number of sulfone groups is 1. The molecule has 0 amide bonds. The highest BCUT2D eigenvalue weighted by atomic mass is 32.2. The number of allylic oxidation sites excluding steroid dienone is 1. The molecule has 0 N–H and O–H groups in total. The van der Waals surface area contributed by atoms with Crippen molar-refractivity contribution < 1.29 is 8.42 Å². The Kier molecular flexibility index (Phi) is 3.82. The number of thioether (sulfide) groups is 2. The summed E-state index contributed by atoms with van der Waals surface area (Å²) in [7, 11) is -3.66. The van der Waals surface area contributed by atoms with E-state index in [2.05, 4.69) is 0 Å². The topological polar surface area (TPSA) is 57.9 Å². The molecule has 88 valence electrons. The maximum absolute atomic E-state index is 12.2. The van der Waals surface area contributed by atoms with E-state index in [9.17, 15) is 8.42 Å². The molecule has 1 aromatic carbocycles. The van der Waals surface area contributed by atoms with E-state index in [1.807, 2.05) is 6.07 Å². The number of hydrogen-bond donors (Lipinski definition) is 0. The van der Waals surface area contributed by atoms with Crippen molar-refractivity contribution in [1.82, 2.24) is 0 Å². The highest BCUT2D eigenvalue weighted by Crippen LogP contribution is 2.41. The summed E-state index contributed by atoms with van der Waals surface area (Å²) in [5.74, 6) is 1.71. The average Bonchev–Trinajstić information content (AvgIpc) is 2.84. The number of nitriles is 1. The fourth-order valence-electron chi connectivity index (χ4n) is 1.37. The molecule has 0 spiro atoms. The molecule has 6 heteroatoms. The van der Waals surface area contributed by atoms with E-state index in [-0.39, 0.29) is 9.80 Å². The first-order valence-electron chi connectivity index (χ1n) is 4.86. The average molecular weight is 283 g/mol. The smallest absolute Gasteiger partial charge is 0.218 e. The van der Waals surface area contributed by atoms with Crippen LogP contribution in [-0.4, -0.2) is 19.9 Å². The van der Waals surface area contributed by atoms with Gasteiger partial charge in [-0.05, 0) is 12.1 Å². The molecule has 1 aromatic rings. The van der Waals surface area contributed by atoms with Gasteiger partial charge in [0.2, 0.25) is 9.84 Å². The van der Waals surface area contributed by atoms with Gasteiger partial charge in [0.05, 0.1) is 9.13 Å². The molecular formula is C11H9NO2S3. The maximum atomic E-state index is 12.2. The van der Waals surface area contributed by atoms with Crippen molar-refractivity contribution in [3.05, 3.63) is 39.5 Å². The predicted octanol–water partition coefficient (Wildman–Crippen LogP) is 2.63. The van der Waals surface area contributed by atoms with Gasteiger partial charge < -0.3 is 0 Å². The summed E-state index contributed by atoms with van der Waals surface area (Å²) in [5, 5.41) is 9.07. The molecule has 0 radical (unpaired) electrons. The van der Waals surface area contributed by atoms with Gasteiger partial charge in [-0.3, -0.25) is 0 Å². The number of hydrogen-bond acceptors (Lipinski definition) is 5. The second kappa shape index (κ2) is 5.17. The van der Waals surface area contributed by atoms with Crippen molar-refractivity contribution in [2.45, 2.75) is 4.90 Å². The van der Waals surface area contributed by atoms with Gasteiger partial charge in [0, 0.05) is 11.5 Å². The van der Waals surface area contributed by atoms with Crippen LogP contribution in [0.1, 0.15) is 0 Å². The van der Waals surface area contributed by atoms with Crippen molar-refractivity contribution in [1.29, 1.82) is 5.26 Å². The largest absolute Gasteiger partial charge is 0.218 e. The summed E-state index contributed by atoms with van der Waals surface area (Å²) < 4.78 is 25.1. The van der Waals surface area contributed by atoms with Crippen LogP contribution < -0.4 is 0 Å². The van der Waals surface area contributed by atoms with Crippen LogP contribution in [0.15, 0.2) is 44.4 Å². The third-order valence-corrected chi connectivity index (χ3v) is 6.86. The molecule has 1 aliphatic rings. The molecule has 0 unspecified atom stereocenters. The third-order valence-electron chi connectivity index (χ3n) is 2.16. The molecule has 0 atom stereocenters. The minimum Gasteiger partial charge on any atom is -0.218 e. The molecule has 1 saturated heterocycles. The van der Waals surface area contributed by atoms with Gasteiger partial charge in [-0.1, -0.05) is 18.2 Å². The Labute approximate surface area is 109 Å². The van der Waals surface area contributed by atoms with Gasteiger partial charge in [-0.15, -0.1) is 23.5 Å². The maximum Gasteiger partial charge on any atom is 0.218 e. The van der Waals surface area contributed by atoms with Crippen molar-refractivity contribution in [2.75, 3.05) is 11.5 Å². The first-order valence-corrected chi connectivity index (χ1v) is 8.32. The van der Waals surface area contributed by atoms with Crippen LogP contribution in [-0.2, 0) is 9.84 Å². The minimum absolute atomic E-state index is 0.115. The molecular weight excluding hydrogens is 274 g/mol. The first-order chi connectivity index (χ1) is 8.16. The van der Waals surface area contributed by atoms with E-state index in [0.717, 1.165) is 11.5 Å². The monoisotopic (exact) mass is 283 g/mol. The number of rotatable bonds is 2. The fraction of sp³-hybridized carbons (Fsp3) is 0.182. The Balaban J connectivity index is 2.53. The summed E-state index contributed by atoms with van der Waals surface area (Å²) >= 11 is 2.88. The van der Waals surface area contributed by atoms with Gasteiger partial charge in [0.25, 0.3) is 0 Å². The highest BCUT2D eigenvalue weighted by molar-refractivity contribution is 8.25. The van der Waals surface area contributed by atoms with E-state index in [1.165, 1.54) is 35.7 Å². The van der Waals surface area contributed by atoms with Crippen LogP contribution >= 0.6 is 23.5 Å². The van der Waals surface area contributed by atoms with Crippen molar-refractivity contribution in [2.24, 2.45) is 0 Å². The molecule has 2 rings (SSSR count). The van der Waals surface area contributed by atoms with E-state index in [0.29, 0.717) is 4.24 Å². The molecule has 1 fully saturated rings. The lowest BCUT2D eigenvalue weighted by Gasteiger charge is -2.04. The molecule has 17 heavy (non-hydrogen) atoms. The minimum atomic E-state index is -3.66. The molecule has 1 aliphatic heterocycles. The van der Waals surface area contributed by atoms with Crippen molar-refractivity contribution in [3.63, 3.8) is 0 Å². The van der Waals surface area contributed by atoms with E-state index in [4.69, 9.17) is 5.26 Å². The van der Waals surface area contributed by atoms with Gasteiger partial charge in [-0.2, -0.15) is 5.26 Å². The van der Waals surface area contributed by atoms with Crippen LogP contribution in [0.3, 0.4) is 0 Å². The van der Waals surface area contributed by atoms with E-state index >= 15 is 0 Å². The molecule has 3 nitrogen and oxygen atoms in total. The second-order valence-corrected chi connectivity index (χ2v) is 7.60. The molecule has 0 aliphatic carbocycles. The predicted molar refractivity (Wildman–Crippen MR) is 71.2 cm³/mol. The zero-order valence-electron chi connectivity index (χ0n) is 8.79. The highest BCUT2D eigenvalue weighted by Gasteiger charge is 2.26.